The zero-order valence-electron chi connectivity index (χ0n) is 16.0. The fraction of sp³-hybridized carbons (Fsp3) is 0.368. The molecule has 0 aromatic heterocycles. The molecule has 9 heteroatoms. The molecule has 0 heterocycles. The van der Waals surface area contributed by atoms with Crippen LogP contribution in [0, 0.1) is 13.8 Å². The summed E-state index contributed by atoms with van der Waals surface area (Å²) < 4.78 is 58.5. The van der Waals surface area contributed by atoms with Gasteiger partial charge in [-0.25, -0.2) is 0 Å². The first-order valence-electron chi connectivity index (χ1n) is 8.56. The van der Waals surface area contributed by atoms with Crippen LogP contribution in [-0.2, 0) is 28.6 Å². The van der Waals surface area contributed by atoms with Crippen molar-refractivity contribution in [2.75, 3.05) is 13.2 Å². The van der Waals surface area contributed by atoms with E-state index < -0.39 is 32.4 Å². The summed E-state index contributed by atoms with van der Waals surface area (Å²) in [7, 11) is -7.99. The molecule has 2 aromatic rings. The lowest BCUT2D eigenvalue weighted by atomic mass is 10.1. The average molecular weight is 429 g/mol. The maximum Gasteiger partial charge on any atom is 0.297 e. The van der Waals surface area contributed by atoms with E-state index in [4.69, 9.17) is 8.37 Å². The molecule has 154 valence electrons. The second kappa shape index (κ2) is 8.71. The lowest BCUT2D eigenvalue weighted by Gasteiger charge is -2.22. The molecule has 0 unspecified atom stereocenters. The van der Waals surface area contributed by atoms with Crippen molar-refractivity contribution in [1.82, 2.24) is 0 Å². The van der Waals surface area contributed by atoms with Gasteiger partial charge in [-0.3, -0.25) is 8.37 Å². The second-order valence-corrected chi connectivity index (χ2v) is 10.1. The van der Waals surface area contributed by atoms with Gasteiger partial charge in [-0.05, 0) is 45.0 Å². The summed E-state index contributed by atoms with van der Waals surface area (Å²) in [5.41, 5.74) is 0.215. The number of aryl methyl sites for hydroxylation is 2. The van der Waals surface area contributed by atoms with Crippen molar-refractivity contribution in [3.8, 4) is 0 Å². The highest BCUT2D eigenvalue weighted by atomic mass is 32.2. The molecule has 7 nitrogen and oxygen atoms in total. The van der Waals surface area contributed by atoms with Gasteiger partial charge >= 0.3 is 0 Å². The van der Waals surface area contributed by atoms with E-state index in [0.717, 1.165) is 11.1 Å². The fourth-order valence-electron chi connectivity index (χ4n) is 2.19. The van der Waals surface area contributed by atoms with Gasteiger partial charge in [0.25, 0.3) is 20.2 Å². The minimum absolute atomic E-state index is 0.0101. The third-order valence-electron chi connectivity index (χ3n) is 4.02. The van der Waals surface area contributed by atoms with Crippen LogP contribution < -0.4 is 0 Å². The number of aliphatic hydroxyl groups is 1. The van der Waals surface area contributed by atoms with Crippen LogP contribution in [0.1, 0.15) is 24.5 Å². The Morgan fingerprint density at radius 3 is 1.61 bits per heavy atom. The Morgan fingerprint density at radius 2 is 1.18 bits per heavy atom. The molecule has 1 N–H and O–H groups in total. The molecule has 0 fully saturated rings. The minimum Gasteiger partial charge on any atom is -0.388 e. The number of hydrogen-bond acceptors (Lipinski definition) is 7. The van der Waals surface area contributed by atoms with Crippen LogP contribution in [-0.4, -0.2) is 40.8 Å². The molecule has 0 aliphatic carbocycles. The van der Waals surface area contributed by atoms with Crippen molar-refractivity contribution in [2.24, 2.45) is 0 Å². The van der Waals surface area contributed by atoms with E-state index in [-0.39, 0.29) is 22.8 Å². The Bertz CT molecular complexity index is 991. The summed E-state index contributed by atoms with van der Waals surface area (Å²) in [5.74, 6) is 0. The van der Waals surface area contributed by atoms with E-state index in [1.54, 1.807) is 24.3 Å². The van der Waals surface area contributed by atoms with Crippen molar-refractivity contribution in [1.29, 1.82) is 0 Å². The summed E-state index contributed by atoms with van der Waals surface area (Å²) in [5, 5.41) is 10.3. The zero-order chi connectivity index (χ0) is 21.0. The topological polar surface area (TPSA) is 107 Å². The van der Waals surface area contributed by atoms with Crippen LogP contribution in [0.5, 0.6) is 0 Å². The maximum atomic E-state index is 12.2. The van der Waals surface area contributed by atoms with Gasteiger partial charge in [0.15, 0.2) is 0 Å². The molecule has 0 aliphatic heterocycles. The molecule has 28 heavy (non-hydrogen) atoms. The van der Waals surface area contributed by atoms with E-state index >= 15 is 0 Å². The predicted octanol–water partition coefficient (Wildman–Crippen LogP) is 2.56. The van der Waals surface area contributed by atoms with Crippen LogP contribution in [0.15, 0.2) is 58.3 Å². The summed E-state index contributed by atoms with van der Waals surface area (Å²) in [6.07, 6.45) is -0.137. The van der Waals surface area contributed by atoms with Gasteiger partial charge in [-0.1, -0.05) is 35.4 Å². The molecule has 0 spiro atoms. The molecular formula is C19H24O7S2. The Balaban J connectivity index is 1.91. The van der Waals surface area contributed by atoms with Gasteiger partial charge in [0.2, 0.25) is 0 Å². The third kappa shape index (κ3) is 6.39. The molecule has 0 aliphatic rings. The smallest absolute Gasteiger partial charge is 0.297 e. The maximum absolute atomic E-state index is 12.2. The summed E-state index contributed by atoms with van der Waals surface area (Å²) in [4.78, 5) is -0.0111. The van der Waals surface area contributed by atoms with Crippen LogP contribution >= 0.6 is 0 Å². The average Bonchev–Trinajstić information content (AvgIpc) is 2.61. The monoisotopic (exact) mass is 428 g/mol. The Kier molecular flexibility index (Phi) is 7.00. The van der Waals surface area contributed by atoms with Crippen molar-refractivity contribution in [3.05, 3.63) is 59.7 Å². The summed E-state index contributed by atoms with van der Waals surface area (Å²) >= 11 is 0. The van der Waals surface area contributed by atoms with Crippen molar-refractivity contribution in [2.45, 2.75) is 42.6 Å². The van der Waals surface area contributed by atoms with Gasteiger partial charge < -0.3 is 5.11 Å². The summed E-state index contributed by atoms with van der Waals surface area (Å²) in [6.45, 7) is 4.15. The van der Waals surface area contributed by atoms with Crippen LogP contribution in [0.2, 0.25) is 0 Å². The molecule has 0 saturated carbocycles. The van der Waals surface area contributed by atoms with Gasteiger partial charge in [0, 0.05) is 6.42 Å². The highest BCUT2D eigenvalue weighted by Crippen LogP contribution is 2.19. The van der Waals surface area contributed by atoms with E-state index in [1.807, 2.05) is 13.8 Å². The van der Waals surface area contributed by atoms with Gasteiger partial charge in [0.1, 0.15) is 0 Å². The second-order valence-electron chi connectivity index (χ2n) is 6.87. The number of benzene rings is 2. The van der Waals surface area contributed by atoms with Gasteiger partial charge in [0.05, 0.1) is 28.6 Å². The van der Waals surface area contributed by atoms with E-state index in [9.17, 15) is 21.9 Å². The third-order valence-corrected chi connectivity index (χ3v) is 6.63. The van der Waals surface area contributed by atoms with Crippen molar-refractivity contribution in [3.63, 3.8) is 0 Å². The van der Waals surface area contributed by atoms with Gasteiger partial charge in [-0.15, -0.1) is 0 Å². The summed E-state index contributed by atoms with van der Waals surface area (Å²) in [6, 6.07) is 12.3. The SMILES string of the molecule is Cc1ccc(S(=O)(=O)OCC[C@@](C)(O)COS(=O)(=O)c2ccc(C)cc2)cc1. The number of rotatable bonds is 9. The van der Waals surface area contributed by atoms with Crippen LogP contribution in [0.3, 0.4) is 0 Å². The molecular weight excluding hydrogens is 404 g/mol. The lowest BCUT2D eigenvalue weighted by molar-refractivity contribution is -0.00274. The normalized spacial score (nSPS) is 14.6. The molecule has 2 aromatic carbocycles. The molecule has 1 atom stereocenters. The zero-order valence-corrected chi connectivity index (χ0v) is 17.6. The largest absolute Gasteiger partial charge is 0.388 e. The van der Waals surface area contributed by atoms with Crippen LogP contribution in [0.4, 0.5) is 0 Å². The fourth-order valence-corrected chi connectivity index (χ4v) is 4.12. The van der Waals surface area contributed by atoms with E-state index in [1.165, 1.54) is 31.2 Å². The van der Waals surface area contributed by atoms with Crippen LogP contribution in [0.25, 0.3) is 0 Å². The highest BCUT2D eigenvalue weighted by molar-refractivity contribution is 7.87. The van der Waals surface area contributed by atoms with E-state index in [0.29, 0.717) is 0 Å². The molecule has 0 bridgehead atoms. The quantitative estimate of drug-likeness (QED) is 0.612. The van der Waals surface area contributed by atoms with Gasteiger partial charge in [-0.2, -0.15) is 16.8 Å². The Morgan fingerprint density at radius 1 is 0.786 bits per heavy atom. The first-order chi connectivity index (χ1) is 12.9. The standard InChI is InChI=1S/C19H24O7S2/c1-15-4-8-17(9-5-15)27(21,22)25-13-12-19(3,20)14-26-28(23,24)18-10-6-16(2)7-11-18/h4-11,20H,12-14H2,1-3H3/t19-/m1/s1. The minimum atomic E-state index is -4.03. The first kappa shape index (κ1) is 22.5. The number of hydrogen-bond donors (Lipinski definition) is 1. The molecule has 0 saturated heterocycles. The predicted molar refractivity (Wildman–Crippen MR) is 104 cm³/mol. The molecule has 0 radical (unpaired) electrons. The Labute approximate surface area is 166 Å². The van der Waals surface area contributed by atoms with Crippen molar-refractivity contribution < 1.29 is 30.3 Å². The lowest BCUT2D eigenvalue weighted by Crippen LogP contribution is -2.33. The molecule has 0 amide bonds. The Hall–Kier alpha value is -1.78. The molecule has 2 rings (SSSR count). The first-order valence-corrected chi connectivity index (χ1v) is 11.4. The van der Waals surface area contributed by atoms with E-state index in [2.05, 4.69) is 0 Å². The van der Waals surface area contributed by atoms with Crippen molar-refractivity contribution >= 4 is 20.2 Å². The highest BCUT2D eigenvalue weighted by Gasteiger charge is 2.27.